The molecule has 11 heteroatoms. The van der Waals surface area contributed by atoms with E-state index in [1.165, 1.54) is 11.1 Å². The highest BCUT2D eigenvalue weighted by atomic mass is 16.5. The molecule has 1 atom stereocenters. The highest BCUT2D eigenvalue weighted by Gasteiger charge is 2.31. The Labute approximate surface area is 307 Å². The average Bonchev–Trinajstić information content (AvgIpc) is 3.40. The second-order valence-corrected chi connectivity index (χ2v) is 13.9. The number of amides is 2. The van der Waals surface area contributed by atoms with Crippen LogP contribution in [0, 0.1) is 0 Å². The van der Waals surface area contributed by atoms with E-state index in [4.69, 9.17) is 28.4 Å². The average molecular weight is 716 g/mol. The van der Waals surface area contributed by atoms with E-state index in [0.29, 0.717) is 67.9 Å². The van der Waals surface area contributed by atoms with Crippen molar-refractivity contribution in [1.29, 1.82) is 0 Å². The van der Waals surface area contributed by atoms with Crippen LogP contribution in [-0.4, -0.2) is 115 Å². The zero-order valence-corrected chi connectivity index (χ0v) is 31.5. The van der Waals surface area contributed by atoms with Crippen LogP contribution >= 0.6 is 0 Å². The largest absolute Gasteiger partial charge is 0.493 e. The molecule has 0 saturated heterocycles. The van der Waals surface area contributed by atoms with Crippen molar-refractivity contribution in [3.05, 3.63) is 69.8 Å². The summed E-state index contributed by atoms with van der Waals surface area (Å²) in [7, 11) is 9.87. The van der Waals surface area contributed by atoms with Crippen LogP contribution in [0.15, 0.2) is 36.4 Å². The molecule has 2 aliphatic heterocycles. The van der Waals surface area contributed by atoms with Crippen LogP contribution in [0.5, 0.6) is 34.5 Å². The molecule has 3 aliphatic rings. The molecule has 0 saturated carbocycles. The summed E-state index contributed by atoms with van der Waals surface area (Å²) in [6.45, 7) is 5.36. The number of methoxy groups -OCH3 is 6. The van der Waals surface area contributed by atoms with Gasteiger partial charge in [0.05, 0.1) is 55.5 Å². The number of hydrogen-bond acceptors (Lipinski definition) is 9. The number of rotatable bonds is 16. The zero-order valence-electron chi connectivity index (χ0n) is 31.5. The number of carbonyl (C=O) groups is 2. The lowest BCUT2D eigenvalue weighted by molar-refractivity contribution is -0.131. The molecule has 2 amide bonds. The maximum Gasteiger partial charge on any atom is 0.227 e. The SMILES string of the molecule is COc1cc2c(cc1OC)CC(=O)N(CCCN(CCCN1CCc3cc(OC)c(OC)cc3CC1=O)C[C@H]1Cc3cc(OC)c(OC)cc31)CC2. The molecule has 0 aromatic heterocycles. The Morgan fingerprint density at radius 1 is 0.558 bits per heavy atom. The molecule has 52 heavy (non-hydrogen) atoms. The second-order valence-electron chi connectivity index (χ2n) is 13.9. The quantitative estimate of drug-likeness (QED) is 0.209. The van der Waals surface area contributed by atoms with Crippen LogP contribution in [0.3, 0.4) is 0 Å². The van der Waals surface area contributed by atoms with Crippen molar-refractivity contribution in [2.24, 2.45) is 0 Å². The first-order chi connectivity index (χ1) is 25.3. The summed E-state index contributed by atoms with van der Waals surface area (Å²) < 4.78 is 33.2. The molecular formula is C41H53N3O8. The predicted octanol–water partition coefficient (Wildman–Crippen LogP) is 4.71. The van der Waals surface area contributed by atoms with E-state index in [1.807, 2.05) is 34.1 Å². The molecule has 0 spiro atoms. The second kappa shape index (κ2) is 16.8. The minimum absolute atomic E-state index is 0.141. The van der Waals surface area contributed by atoms with Gasteiger partial charge in [0.1, 0.15) is 0 Å². The number of benzene rings is 3. The van der Waals surface area contributed by atoms with E-state index in [-0.39, 0.29) is 11.8 Å². The lowest BCUT2D eigenvalue weighted by atomic mass is 9.77. The van der Waals surface area contributed by atoms with Gasteiger partial charge in [0.2, 0.25) is 11.8 Å². The third kappa shape index (κ3) is 8.04. The van der Waals surface area contributed by atoms with Crippen molar-refractivity contribution in [3.63, 3.8) is 0 Å². The lowest BCUT2D eigenvalue weighted by Gasteiger charge is -2.36. The summed E-state index contributed by atoms with van der Waals surface area (Å²) in [6.07, 6.45) is 4.99. The van der Waals surface area contributed by atoms with Crippen molar-refractivity contribution >= 4 is 11.8 Å². The van der Waals surface area contributed by atoms with Crippen LogP contribution in [0.2, 0.25) is 0 Å². The molecule has 280 valence electrons. The summed E-state index contributed by atoms with van der Waals surface area (Å²) in [5.41, 5.74) is 6.89. The predicted molar refractivity (Wildman–Crippen MR) is 199 cm³/mol. The van der Waals surface area contributed by atoms with Gasteiger partial charge < -0.3 is 43.1 Å². The summed E-state index contributed by atoms with van der Waals surface area (Å²) in [5.74, 6) is 4.87. The molecule has 0 N–H and O–H groups in total. The molecule has 1 aliphatic carbocycles. The van der Waals surface area contributed by atoms with Crippen LogP contribution in [-0.2, 0) is 41.7 Å². The Balaban J connectivity index is 1.09. The fourth-order valence-electron chi connectivity index (χ4n) is 7.98. The molecule has 3 aromatic carbocycles. The maximum absolute atomic E-state index is 13.4. The third-order valence-corrected chi connectivity index (χ3v) is 10.9. The van der Waals surface area contributed by atoms with Crippen molar-refractivity contribution < 1.29 is 38.0 Å². The number of fused-ring (bicyclic) bond motifs is 3. The Kier molecular flexibility index (Phi) is 12.0. The number of hydrogen-bond donors (Lipinski definition) is 0. The highest BCUT2D eigenvalue weighted by Crippen LogP contribution is 2.43. The standard InChI is InChI=1S/C41H53N3O8/c1-47-34-18-27-9-15-43(40(45)23-29(27)20-36(34)49-3)13-7-11-42(26-32-17-31-22-38(51-5)39(52-6)25-33(31)32)12-8-14-44-16-10-28-19-35(48-2)37(50-4)21-30(28)24-41(44)46/h18-22,25,32H,7-17,23-24,26H2,1-6H3/t32-/m1/s1. The zero-order chi connectivity index (χ0) is 36.8. The summed E-state index contributed by atoms with van der Waals surface area (Å²) in [6, 6.07) is 12.1. The van der Waals surface area contributed by atoms with Crippen molar-refractivity contribution in [3.8, 4) is 34.5 Å². The minimum Gasteiger partial charge on any atom is -0.493 e. The highest BCUT2D eigenvalue weighted by molar-refractivity contribution is 5.81. The Morgan fingerprint density at radius 2 is 0.942 bits per heavy atom. The van der Waals surface area contributed by atoms with Gasteiger partial charge >= 0.3 is 0 Å². The van der Waals surface area contributed by atoms with Crippen molar-refractivity contribution in [1.82, 2.24) is 14.7 Å². The molecule has 3 aromatic rings. The molecule has 11 nitrogen and oxygen atoms in total. The summed E-state index contributed by atoms with van der Waals surface area (Å²) in [5, 5.41) is 0. The molecule has 0 fully saturated rings. The van der Waals surface area contributed by atoms with Crippen LogP contribution in [0.1, 0.15) is 52.1 Å². The molecule has 0 radical (unpaired) electrons. The summed E-state index contributed by atoms with van der Waals surface area (Å²) >= 11 is 0. The van der Waals surface area contributed by atoms with Gasteiger partial charge in [0.25, 0.3) is 0 Å². The van der Waals surface area contributed by atoms with E-state index in [2.05, 4.69) is 17.0 Å². The lowest BCUT2D eigenvalue weighted by Crippen LogP contribution is -2.39. The van der Waals surface area contributed by atoms with Gasteiger partial charge in [0, 0.05) is 38.6 Å². The first-order valence-electron chi connectivity index (χ1n) is 18.3. The summed E-state index contributed by atoms with van der Waals surface area (Å²) in [4.78, 5) is 33.4. The first-order valence-corrected chi connectivity index (χ1v) is 18.3. The Bertz CT molecular complexity index is 1670. The fourth-order valence-corrected chi connectivity index (χ4v) is 7.98. The first kappa shape index (κ1) is 37.1. The topological polar surface area (TPSA) is 99.2 Å². The van der Waals surface area contributed by atoms with E-state index >= 15 is 0 Å². The monoisotopic (exact) mass is 715 g/mol. The van der Waals surface area contributed by atoms with Gasteiger partial charge in [-0.2, -0.15) is 0 Å². The Morgan fingerprint density at radius 3 is 1.37 bits per heavy atom. The van der Waals surface area contributed by atoms with E-state index in [0.717, 1.165) is 85.5 Å². The van der Waals surface area contributed by atoms with Gasteiger partial charge in [-0.1, -0.05) is 0 Å². The van der Waals surface area contributed by atoms with E-state index in [1.54, 1.807) is 42.7 Å². The molecule has 2 heterocycles. The molecule has 0 unspecified atom stereocenters. The smallest absolute Gasteiger partial charge is 0.227 e. The fraction of sp³-hybridized carbons (Fsp3) is 0.512. The van der Waals surface area contributed by atoms with Crippen molar-refractivity contribution in [2.75, 3.05) is 88.5 Å². The van der Waals surface area contributed by atoms with Gasteiger partial charge in [-0.25, -0.2) is 0 Å². The molecular weight excluding hydrogens is 662 g/mol. The van der Waals surface area contributed by atoms with Gasteiger partial charge in [0.15, 0.2) is 34.5 Å². The normalized spacial score (nSPS) is 16.6. The van der Waals surface area contributed by atoms with Crippen LogP contribution in [0.4, 0.5) is 0 Å². The minimum atomic E-state index is 0.141. The van der Waals surface area contributed by atoms with Gasteiger partial charge in [-0.05, 0) is 115 Å². The van der Waals surface area contributed by atoms with Crippen LogP contribution in [0.25, 0.3) is 0 Å². The van der Waals surface area contributed by atoms with Gasteiger partial charge in [-0.3, -0.25) is 9.59 Å². The van der Waals surface area contributed by atoms with Crippen LogP contribution < -0.4 is 28.4 Å². The van der Waals surface area contributed by atoms with E-state index < -0.39 is 0 Å². The third-order valence-electron chi connectivity index (χ3n) is 10.9. The number of carbonyl (C=O) groups excluding carboxylic acids is 2. The van der Waals surface area contributed by atoms with Gasteiger partial charge in [-0.15, -0.1) is 0 Å². The molecule has 6 rings (SSSR count). The number of nitrogens with zero attached hydrogens (tertiary/aromatic N) is 3. The number of ether oxygens (including phenoxy) is 6. The molecule has 0 bridgehead atoms. The maximum atomic E-state index is 13.4. The Hall–Kier alpha value is -4.64. The van der Waals surface area contributed by atoms with Crippen molar-refractivity contribution in [2.45, 2.75) is 50.9 Å². The van der Waals surface area contributed by atoms with E-state index in [9.17, 15) is 9.59 Å².